The van der Waals surface area contributed by atoms with Crippen molar-refractivity contribution >= 4 is 17.7 Å². The molecule has 0 radical (unpaired) electrons. The molecule has 0 saturated heterocycles. The normalized spacial score (nSPS) is 17.1. The van der Waals surface area contributed by atoms with Crippen molar-refractivity contribution in [2.45, 2.75) is 52.4 Å². The van der Waals surface area contributed by atoms with E-state index in [-0.39, 0.29) is 36.3 Å². The molecule has 2 N–H and O–H groups in total. The van der Waals surface area contributed by atoms with Crippen LogP contribution in [0.1, 0.15) is 58.1 Å². The van der Waals surface area contributed by atoms with E-state index in [0.717, 1.165) is 11.1 Å². The highest BCUT2D eigenvalue weighted by atomic mass is 16.2. The Balaban J connectivity index is 1.54. The molecule has 1 aliphatic heterocycles. The molecule has 0 aliphatic carbocycles. The number of nitrogens with zero attached hydrogens (tertiary/aromatic N) is 4. The van der Waals surface area contributed by atoms with Crippen LogP contribution in [-0.4, -0.2) is 49.2 Å². The van der Waals surface area contributed by atoms with Gasteiger partial charge in [-0.05, 0) is 38.0 Å². The Bertz CT molecular complexity index is 1220. The fourth-order valence-electron chi connectivity index (χ4n) is 4.26. The van der Waals surface area contributed by atoms with Gasteiger partial charge in [0.2, 0.25) is 5.91 Å². The third-order valence-corrected chi connectivity index (χ3v) is 6.24. The topological polar surface area (TPSA) is 109 Å². The van der Waals surface area contributed by atoms with Crippen molar-refractivity contribution in [2.24, 2.45) is 0 Å². The Morgan fingerprint density at radius 3 is 2.51 bits per heavy atom. The quantitative estimate of drug-likeness (QED) is 0.521. The highest BCUT2D eigenvalue weighted by molar-refractivity contribution is 6.07. The second kappa shape index (κ2) is 10.1. The zero-order valence-electron chi connectivity index (χ0n) is 20.2. The van der Waals surface area contributed by atoms with Crippen LogP contribution >= 0.6 is 0 Å². The smallest absolute Gasteiger partial charge is 0.273 e. The monoisotopic (exact) mass is 474 g/mol. The maximum atomic E-state index is 13.6. The molecule has 3 aromatic rings. The van der Waals surface area contributed by atoms with Gasteiger partial charge in [-0.25, -0.2) is 4.98 Å². The average molecular weight is 475 g/mol. The molecule has 1 aromatic carbocycles. The summed E-state index contributed by atoms with van der Waals surface area (Å²) in [7, 11) is 0. The lowest BCUT2D eigenvalue weighted by Crippen LogP contribution is -2.64. The summed E-state index contributed by atoms with van der Waals surface area (Å²) in [6.45, 7) is 6.88. The number of fused-ring (bicyclic) bond motifs is 1. The fourth-order valence-corrected chi connectivity index (χ4v) is 4.26. The lowest BCUT2D eigenvalue weighted by atomic mass is 9.93. The third-order valence-electron chi connectivity index (χ3n) is 6.24. The van der Waals surface area contributed by atoms with E-state index in [1.54, 1.807) is 34.7 Å². The number of hydrogen-bond acceptors (Lipinski definition) is 5. The summed E-state index contributed by atoms with van der Waals surface area (Å²) in [5.41, 5.74) is 1.95. The van der Waals surface area contributed by atoms with E-state index in [4.69, 9.17) is 0 Å². The van der Waals surface area contributed by atoms with Crippen LogP contribution in [0.15, 0.2) is 55.0 Å². The first-order valence-corrected chi connectivity index (χ1v) is 11.7. The van der Waals surface area contributed by atoms with Crippen LogP contribution in [0.3, 0.4) is 0 Å². The van der Waals surface area contributed by atoms with E-state index >= 15 is 0 Å². The van der Waals surface area contributed by atoms with E-state index < -0.39 is 11.4 Å². The lowest BCUT2D eigenvalue weighted by Gasteiger charge is -2.43. The molecule has 9 nitrogen and oxygen atoms in total. The zero-order valence-corrected chi connectivity index (χ0v) is 20.2. The molecule has 0 unspecified atom stereocenters. The first-order valence-electron chi connectivity index (χ1n) is 11.7. The number of pyridine rings is 1. The summed E-state index contributed by atoms with van der Waals surface area (Å²) in [5.74, 6) is -1.09. The lowest BCUT2D eigenvalue weighted by molar-refractivity contribution is -0.133. The van der Waals surface area contributed by atoms with Gasteiger partial charge >= 0.3 is 0 Å². The molecular weight excluding hydrogens is 444 g/mol. The van der Waals surface area contributed by atoms with Gasteiger partial charge in [-0.1, -0.05) is 42.8 Å². The Hall–Kier alpha value is -4.01. The second-order valence-corrected chi connectivity index (χ2v) is 8.97. The predicted octanol–water partition coefficient (Wildman–Crippen LogP) is 2.46. The van der Waals surface area contributed by atoms with Crippen molar-refractivity contribution < 1.29 is 14.4 Å². The molecule has 2 aromatic heterocycles. The van der Waals surface area contributed by atoms with E-state index in [1.807, 2.05) is 44.2 Å². The van der Waals surface area contributed by atoms with Crippen molar-refractivity contribution in [3.05, 3.63) is 83.2 Å². The van der Waals surface area contributed by atoms with Gasteiger partial charge in [0.15, 0.2) is 5.69 Å². The molecule has 1 atom stereocenters. The second-order valence-electron chi connectivity index (χ2n) is 8.97. The summed E-state index contributed by atoms with van der Waals surface area (Å²) in [6, 6.07) is 13.4. The van der Waals surface area contributed by atoms with E-state index in [0.29, 0.717) is 25.2 Å². The molecular formula is C26H30N6O3. The van der Waals surface area contributed by atoms with Crippen LogP contribution in [0, 0.1) is 6.92 Å². The molecule has 3 heterocycles. The summed E-state index contributed by atoms with van der Waals surface area (Å²) < 4.78 is 1.61. The van der Waals surface area contributed by atoms with Crippen molar-refractivity contribution in [1.82, 2.24) is 30.1 Å². The number of carbonyl (C=O) groups excluding carboxylic acids is 3. The number of rotatable bonds is 8. The number of hydrogen-bond donors (Lipinski definition) is 2. The number of imidazole rings is 1. The van der Waals surface area contributed by atoms with Crippen molar-refractivity contribution in [1.29, 1.82) is 0 Å². The number of nitrogens with one attached hydrogen (secondary N) is 2. The van der Waals surface area contributed by atoms with Crippen LogP contribution in [0.4, 0.5) is 0 Å². The van der Waals surface area contributed by atoms with Gasteiger partial charge in [0.05, 0.1) is 25.1 Å². The highest BCUT2D eigenvalue weighted by Crippen LogP contribution is 2.29. The average Bonchev–Trinajstić information content (AvgIpc) is 3.29. The first-order chi connectivity index (χ1) is 16.8. The zero-order chi connectivity index (χ0) is 25.0. The molecule has 0 saturated carbocycles. The van der Waals surface area contributed by atoms with Crippen LogP contribution in [0.25, 0.3) is 0 Å². The van der Waals surface area contributed by atoms with Crippen LogP contribution < -0.4 is 10.6 Å². The molecule has 9 heteroatoms. The summed E-state index contributed by atoms with van der Waals surface area (Å²) in [5, 5.41) is 5.76. The van der Waals surface area contributed by atoms with Gasteiger partial charge in [0.25, 0.3) is 11.8 Å². The largest absolute Gasteiger partial charge is 0.350 e. The van der Waals surface area contributed by atoms with E-state index in [1.165, 1.54) is 6.33 Å². The van der Waals surface area contributed by atoms with Crippen molar-refractivity contribution in [2.75, 3.05) is 6.54 Å². The number of aromatic nitrogens is 3. The van der Waals surface area contributed by atoms with Crippen molar-refractivity contribution in [3.8, 4) is 0 Å². The number of amides is 3. The van der Waals surface area contributed by atoms with Gasteiger partial charge in [-0.3, -0.25) is 19.4 Å². The van der Waals surface area contributed by atoms with Crippen molar-refractivity contribution in [3.63, 3.8) is 0 Å². The van der Waals surface area contributed by atoms with Gasteiger partial charge in [-0.15, -0.1) is 0 Å². The van der Waals surface area contributed by atoms with Gasteiger partial charge in [0.1, 0.15) is 11.2 Å². The fraction of sp³-hybridized carbons (Fsp3) is 0.346. The Morgan fingerprint density at radius 1 is 1.06 bits per heavy atom. The van der Waals surface area contributed by atoms with E-state index in [2.05, 4.69) is 20.6 Å². The number of carbonyl (C=O) groups is 3. The van der Waals surface area contributed by atoms with Gasteiger partial charge in [0, 0.05) is 19.3 Å². The molecule has 0 fully saturated rings. The summed E-state index contributed by atoms with van der Waals surface area (Å²) in [4.78, 5) is 49.8. The standard InChI is InChI=1S/C26H30N6O3/c1-4-13-32-24(34)22-21(23(33)28-15-20-7-5-6-12-27-20)30-17-31(22)16-26(32,3)25(35)29-14-19-10-8-18(2)9-11-19/h5-12,17H,4,13-16H2,1-3H3,(H,28,33)(H,29,35)/t26-/m0/s1. The Kier molecular flexibility index (Phi) is 6.95. The minimum atomic E-state index is -1.12. The highest BCUT2D eigenvalue weighted by Gasteiger charge is 2.48. The number of benzene rings is 1. The first kappa shape index (κ1) is 24.1. The molecule has 4 rings (SSSR count). The molecule has 1 aliphatic rings. The third kappa shape index (κ3) is 4.94. The molecule has 3 amide bonds. The predicted molar refractivity (Wildman–Crippen MR) is 130 cm³/mol. The van der Waals surface area contributed by atoms with Crippen LogP contribution in [0.5, 0.6) is 0 Å². The molecule has 0 spiro atoms. The Labute approximate surface area is 204 Å². The Morgan fingerprint density at radius 2 is 1.83 bits per heavy atom. The molecule has 35 heavy (non-hydrogen) atoms. The molecule has 182 valence electrons. The van der Waals surface area contributed by atoms with Gasteiger partial charge in [-0.2, -0.15) is 0 Å². The SMILES string of the molecule is CCCN1C(=O)c2c(C(=O)NCc3ccccn3)ncn2C[C@@]1(C)C(=O)NCc1ccc(C)cc1. The maximum Gasteiger partial charge on any atom is 0.273 e. The maximum absolute atomic E-state index is 13.6. The summed E-state index contributed by atoms with van der Waals surface area (Å²) in [6.07, 6.45) is 3.77. The molecule has 0 bridgehead atoms. The van der Waals surface area contributed by atoms with Gasteiger partial charge < -0.3 is 20.1 Å². The summed E-state index contributed by atoms with van der Waals surface area (Å²) >= 11 is 0. The van der Waals surface area contributed by atoms with E-state index in [9.17, 15) is 14.4 Å². The van der Waals surface area contributed by atoms with Crippen LogP contribution in [0.2, 0.25) is 0 Å². The number of aryl methyl sites for hydroxylation is 1. The van der Waals surface area contributed by atoms with Crippen LogP contribution in [-0.2, 0) is 24.4 Å². The minimum Gasteiger partial charge on any atom is -0.350 e. The minimum absolute atomic E-state index is 0.0501.